The molecule has 5 nitrogen and oxygen atoms in total. The fourth-order valence-electron chi connectivity index (χ4n) is 5.48. The number of Topliss-reactive ketones (excluding diaryl/α,β-unsaturated/α-hetero) is 2. The molecule has 0 radical (unpaired) electrons. The van der Waals surface area contributed by atoms with Crippen LogP contribution in [-0.2, 0) is 18.5 Å². The van der Waals surface area contributed by atoms with Crippen molar-refractivity contribution in [2.24, 2.45) is 16.7 Å². The lowest BCUT2D eigenvalue weighted by atomic mass is 9.70. The van der Waals surface area contributed by atoms with Crippen LogP contribution in [0.15, 0.2) is 65.6 Å². The Morgan fingerprint density at radius 3 is 2.16 bits per heavy atom. The number of carbonyl (C=O) groups excluding carboxylic acids is 2. The number of carbonyl (C=O) groups is 2. The molecule has 0 heterocycles. The van der Waals surface area contributed by atoms with Crippen molar-refractivity contribution in [1.29, 1.82) is 0 Å². The van der Waals surface area contributed by atoms with E-state index in [1.165, 1.54) is 0 Å². The summed E-state index contributed by atoms with van der Waals surface area (Å²) in [7, 11) is -6.57. The molecule has 3 unspecified atom stereocenters. The van der Waals surface area contributed by atoms with Gasteiger partial charge < -0.3 is 0 Å². The maximum absolute atomic E-state index is 13.4. The first-order valence-electron chi connectivity index (χ1n) is 10.9. The zero-order valence-electron chi connectivity index (χ0n) is 18.7. The molecule has 0 aliphatic heterocycles. The van der Waals surface area contributed by atoms with Gasteiger partial charge in [-0.2, -0.15) is 8.42 Å². The van der Waals surface area contributed by atoms with Gasteiger partial charge in [0.25, 0.3) is 10.1 Å². The van der Waals surface area contributed by atoms with Gasteiger partial charge in [-0.05, 0) is 42.6 Å². The van der Waals surface area contributed by atoms with Crippen LogP contribution in [0.4, 0.5) is 0 Å². The van der Waals surface area contributed by atoms with Gasteiger partial charge in [0, 0.05) is 16.9 Å². The summed E-state index contributed by atoms with van der Waals surface area (Å²) in [6, 6.07) is 17.9. The van der Waals surface area contributed by atoms with Gasteiger partial charge in [-0.15, -0.1) is 0 Å². The zero-order valence-corrected chi connectivity index (χ0v) is 20.4. The average molecular weight is 475 g/mol. The third-order valence-corrected chi connectivity index (χ3v) is 12.5. The lowest BCUT2D eigenvalue weighted by Gasteiger charge is -2.39. The molecule has 0 aromatic heterocycles. The van der Waals surface area contributed by atoms with Crippen molar-refractivity contribution >= 4 is 32.0 Å². The molecule has 0 spiro atoms. The van der Waals surface area contributed by atoms with Crippen molar-refractivity contribution in [3.8, 4) is 0 Å². The quantitative estimate of drug-likeness (QED) is 0.502. The Morgan fingerprint density at radius 1 is 1.03 bits per heavy atom. The first-order chi connectivity index (χ1) is 15.0. The Morgan fingerprint density at radius 2 is 1.62 bits per heavy atom. The molecule has 4 rings (SSSR count). The van der Waals surface area contributed by atoms with Crippen LogP contribution in [-0.4, -0.2) is 37.7 Å². The van der Waals surface area contributed by atoms with Crippen molar-refractivity contribution < 1.29 is 21.6 Å². The second kappa shape index (κ2) is 8.12. The van der Waals surface area contributed by atoms with E-state index in [1.807, 2.05) is 38.1 Å². The summed E-state index contributed by atoms with van der Waals surface area (Å²) in [5, 5.41) is 0. The Hall–Kier alpha value is -1.96. The average Bonchev–Trinajstić information content (AvgIpc) is 3.08. The standard InChI is InChI=1S/C25H30O5S2/c1-24(2)20-14-15-25(24,23(27)16-20)18-32(28,29)30-31(3,21-12-8-5-9-13-21)17-22(26)19-10-6-4-7-11-19/h4-13,20H,14-18H2,1-3H3. The lowest BCUT2D eigenvalue weighted by Crippen LogP contribution is -2.42. The monoisotopic (exact) mass is 474 g/mol. The van der Waals surface area contributed by atoms with Gasteiger partial charge in [-0.25, -0.2) is 3.63 Å². The number of ketones is 2. The molecule has 2 fully saturated rings. The first-order valence-corrected chi connectivity index (χ1v) is 14.6. The summed E-state index contributed by atoms with van der Waals surface area (Å²) < 4.78 is 32.8. The number of rotatable bonds is 8. The largest absolute Gasteiger partial charge is 0.299 e. The van der Waals surface area contributed by atoms with E-state index in [0.717, 1.165) is 6.42 Å². The van der Waals surface area contributed by atoms with Crippen molar-refractivity contribution in [2.75, 3.05) is 17.8 Å². The molecule has 2 aromatic rings. The third kappa shape index (κ3) is 3.95. The summed E-state index contributed by atoms with van der Waals surface area (Å²) in [5.74, 6) is -0.288. The smallest absolute Gasteiger partial charge is 0.277 e. The Kier molecular flexibility index (Phi) is 5.89. The van der Waals surface area contributed by atoms with E-state index >= 15 is 0 Å². The zero-order chi connectivity index (χ0) is 23.2. The topological polar surface area (TPSA) is 77.5 Å². The van der Waals surface area contributed by atoms with Crippen molar-refractivity contribution in [2.45, 2.75) is 38.0 Å². The SMILES string of the molecule is CC1(C)C2CCC1(CS(=O)(=O)OS(C)(CC(=O)c1ccccc1)c1ccccc1)C(=O)C2. The van der Waals surface area contributed by atoms with Crippen molar-refractivity contribution in [3.05, 3.63) is 66.2 Å². The maximum Gasteiger partial charge on any atom is 0.277 e. The molecular weight excluding hydrogens is 444 g/mol. The number of hydrogen-bond donors (Lipinski definition) is 0. The van der Waals surface area contributed by atoms with Crippen LogP contribution in [0.5, 0.6) is 0 Å². The van der Waals surface area contributed by atoms with Gasteiger partial charge in [0.15, 0.2) is 5.78 Å². The highest BCUT2D eigenvalue weighted by Gasteiger charge is 2.65. The number of benzene rings is 2. The van der Waals surface area contributed by atoms with Crippen molar-refractivity contribution in [1.82, 2.24) is 0 Å². The highest BCUT2D eigenvalue weighted by molar-refractivity contribution is 8.33. The van der Waals surface area contributed by atoms with E-state index in [1.54, 1.807) is 42.7 Å². The minimum atomic E-state index is -4.08. The molecule has 0 saturated heterocycles. The molecule has 0 N–H and O–H groups in total. The summed E-state index contributed by atoms with van der Waals surface area (Å²) in [6.07, 6.45) is 3.60. The predicted octanol–water partition coefficient (Wildman–Crippen LogP) is 5.02. The molecule has 2 saturated carbocycles. The van der Waals surface area contributed by atoms with Crippen LogP contribution in [0.25, 0.3) is 0 Å². The molecule has 2 aliphatic carbocycles. The molecule has 2 aliphatic rings. The minimum absolute atomic E-state index is 0.0303. The molecular formula is C25H30O5S2. The van der Waals surface area contributed by atoms with E-state index < -0.39 is 25.8 Å². The van der Waals surface area contributed by atoms with Crippen LogP contribution < -0.4 is 0 Å². The molecule has 2 aromatic carbocycles. The van der Waals surface area contributed by atoms with E-state index in [0.29, 0.717) is 23.3 Å². The van der Waals surface area contributed by atoms with Crippen LogP contribution in [0, 0.1) is 16.7 Å². The van der Waals surface area contributed by atoms with Crippen LogP contribution in [0.1, 0.15) is 43.5 Å². The predicted molar refractivity (Wildman–Crippen MR) is 127 cm³/mol. The van der Waals surface area contributed by atoms with Gasteiger partial charge in [0.05, 0.1) is 16.9 Å². The van der Waals surface area contributed by atoms with Crippen LogP contribution >= 0.6 is 10.3 Å². The van der Waals surface area contributed by atoms with Gasteiger partial charge >= 0.3 is 0 Å². The highest BCUT2D eigenvalue weighted by Crippen LogP contribution is 2.65. The van der Waals surface area contributed by atoms with E-state index in [-0.39, 0.29) is 34.4 Å². The molecule has 172 valence electrons. The molecule has 0 amide bonds. The van der Waals surface area contributed by atoms with Crippen molar-refractivity contribution in [3.63, 3.8) is 0 Å². The fourth-order valence-corrected chi connectivity index (χ4v) is 10.9. The number of fused-ring (bicyclic) bond motifs is 2. The van der Waals surface area contributed by atoms with Gasteiger partial charge in [-0.3, -0.25) is 9.59 Å². The van der Waals surface area contributed by atoms with E-state index in [9.17, 15) is 18.0 Å². The second-order valence-electron chi connectivity index (χ2n) is 9.69. The highest BCUT2D eigenvalue weighted by atomic mass is 32.3. The first kappa shape index (κ1) is 23.2. The fraction of sp³-hybridized carbons (Fsp3) is 0.440. The van der Waals surface area contributed by atoms with Crippen LogP contribution in [0.2, 0.25) is 0 Å². The third-order valence-electron chi connectivity index (χ3n) is 7.56. The maximum atomic E-state index is 13.4. The van der Waals surface area contributed by atoms with E-state index in [2.05, 4.69) is 0 Å². The summed E-state index contributed by atoms with van der Waals surface area (Å²) in [5.41, 5.74) is -0.761. The van der Waals surface area contributed by atoms with Gasteiger partial charge in [0.1, 0.15) is 5.78 Å². The lowest BCUT2D eigenvalue weighted by molar-refractivity contribution is -0.128. The Bertz CT molecular complexity index is 1130. The Balaban J connectivity index is 1.65. The second-order valence-corrected chi connectivity index (χ2v) is 14.4. The Labute approximate surface area is 192 Å². The normalized spacial score (nSPS) is 27.1. The molecule has 32 heavy (non-hydrogen) atoms. The molecule has 7 heteroatoms. The summed E-state index contributed by atoms with van der Waals surface area (Å²) in [4.78, 5) is 26.6. The minimum Gasteiger partial charge on any atom is -0.299 e. The molecule has 2 bridgehead atoms. The van der Waals surface area contributed by atoms with Gasteiger partial charge in [0.2, 0.25) is 0 Å². The summed E-state index contributed by atoms with van der Waals surface area (Å²) >= 11 is 0. The van der Waals surface area contributed by atoms with E-state index in [4.69, 9.17) is 3.63 Å². The van der Waals surface area contributed by atoms with Crippen LogP contribution in [0.3, 0.4) is 0 Å². The summed E-state index contributed by atoms with van der Waals surface area (Å²) in [6.45, 7) is 4.01. The molecule has 3 atom stereocenters. The number of hydrogen-bond acceptors (Lipinski definition) is 5. The van der Waals surface area contributed by atoms with Gasteiger partial charge in [-0.1, -0.05) is 72.7 Å².